The third kappa shape index (κ3) is 7.73. The number of nitrogens with zero attached hydrogens (tertiary/aromatic N) is 1. The number of rotatable bonds is 8. The van der Waals surface area contributed by atoms with Crippen LogP contribution < -0.4 is 10.6 Å². The van der Waals surface area contributed by atoms with Gasteiger partial charge in [0.2, 0.25) is 0 Å². The quantitative estimate of drug-likeness (QED) is 0.234. The first-order valence-electron chi connectivity index (χ1n) is 13.1. The number of phenolic OH excluding ortho intramolecular Hbond substituents is 1. The summed E-state index contributed by atoms with van der Waals surface area (Å²) in [5, 5.41) is 15.1. The fourth-order valence-electron chi connectivity index (χ4n) is 4.67. The molecule has 0 saturated carbocycles. The van der Waals surface area contributed by atoms with E-state index in [2.05, 4.69) is 17.2 Å². The second-order valence-corrected chi connectivity index (χ2v) is 10.3. The molecule has 10 heteroatoms. The normalized spacial score (nSPS) is 13.9. The van der Waals surface area contributed by atoms with Crippen LogP contribution in [0.15, 0.2) is 85.1 Å². The van der Waals surface area contributed by atoms with Crippen LogP contribution >= 0.6 is 12.2 Å². The van der Waals surface area contributed by atoms with E-state index in [1.807, 2.05) is 0 Å². The molecule has 1 fully saturated rings. The largest absolute Gasteiger partial charge is 0.508 e. The van der Waals surface area contributed by atoms with Crippen LogP contribution in [0.25, 0.3) is 11.1 Å². The third-order valence-electron chi connectivity index (χ3n) is 7.02. The standard InChI is InChI=1S/C31H30F3N3O3S/c1-20(28(39)35-17-14-21-6-12-25(38)13-7-21)36-29(41)23-15-18-37(19-16-23)30(40)27-5-3-2-4-26(27)22-8-10-24(11-9-22)31(32,33)34/h2-13,23,38H,1,14-19H2,(H,35,39)(H,36,41). The smallest absolute Gasteiger partial charge is 0.416 e. The molecule has 0 atom stereocenters. The summed E-state index contributed by atoms with van der Waals surface area (Å²) < 4.78 is 38.9. The zero-order chi connectivity index (χ0) is 29.6. The number of likely N-dealkylation sites (tertiary alicyclic amines) is 1. The minimum absolute atomic E-state index is 0.0410. The van der Waals surface area contributed by atoms with Gasteiger partial charge >= 0.3 is 6.18 Å². The fraction of sp³-hybridized carbons (Fsp3) is 0.258. The van der Waals surface area contributed by atoms with Gasteiger partial charge in [-0.1, -0.05) is 61.3 Å². The molecule has 1 aliphatic heterocycles. The first-order valence-corrected chi connectivity index (χ1v) is 13.6. The number of hydrogen-bond donors (Lipinski definition) is 3. The molecule has 1 heterocycles. The number of benzene rings is 3. The molecular formula is C31H30F3N3O3S. The van der Waals surface area contributed by atoms with Gasteiger partial charge in [-0.05, 0) is 66.3 Å². The van der Waals surface area contributed by atoms with E-state index >= 15 is 0 Å². The van der Waals surface area contributed by atoms with Gasteiger partial charge in [-0.25, -0.2) is 0 Å². The van der Waals surface area contributed by atoms with Gasteiger partial charge in [0.05, 0.1) is 16.2 Å². The number of nitrogens with one attached hydrogen (secondary N) is 2. The topological polar surface area (TPSA) is 81.7 Å². The highest BCUT2D eigenvalue weighted by Gasteiger charge is 2.31. The molecule has 0 aromatic heterocycles. The molecule has 1 aliphatic rings. The van der Waals surface area contributed by atoms with Crippen molar-refractivity contribution in [3.8, 4) is 16.9 Å². The summed E-state index contributed by atoms with van der Waals surface area (Å²) in [7, 11) is 0. The van der Waals surface area contributed by atoms with E-state index in [9.17, 15) is 27.9 Å². The van der Waals surface area contributed by atoms with Gasteiger partial charge in [0.25, 0.3) is 11.8 Å². The third-order valence-corrected chi connectivity index (χ3v) is 7.45. The molecule has 4 rings (SSSR count). The minimum Gasteiger partial charge on any atom is -0.508 e. The Morgan fingerprint density at radius 1 is 0.976 bits per heavy atom. The molecule has 3 N–H and O–H groups in total. The molecule has 0 aliphatic carbocycles. The zero-order valence-corrected chi connectivity index (χ0v) is 23.0. The van der Waals surface area contributed by atoms with Crippen LogP contribution in [0.1, 0.15) is 34.3 Å². The molecule has 0 radical (unpaired) electrons. The Morgan fingerprint density at radius 2 is 1.61 bits per heavy atom. The summed E-state index contributed by atoms with van der Waals surface area (Å²) in [5.41, 5.74) is 1.89. The predicted molar refractivity (Wildman–Crippen MR) is 155 cm³/mol. The van der Waals surface area contributed by atoms with E-state index in [4.69, 9.17) is 12.2 Å². The molecular weight excluding hydrogens is 551 g/mol. The van der Waals surface area contributed by atoms with Gasteiger partial charge in [0.15, 0.2) is 0 Å². The maximum Gasteiger partial charge on any atom is 0.416 e. The van der Waals surface area contributed by atoms with Crippen LogP contribution in [0, 0.1) is 5.92 Å². The number of hydrogen-bond acceptors (Lipinski definition) is 4. The van der Waals surface area contributed by atoms with Gasteiger partial charge in [0, 0.05) is 31.1 Å². The summed E-state index contributed by atoms with van der Waals surface area (Å²) >= 11 is 5.53. The van der Waals surface area contributed by atoms with Crippen LogP contribution in [0.2, 0.25) is 0 Å². The van der Waals surface area contributed by atoms with Crippen LogP contribution in [0.5, 0.6) is 5.75 Å². The van der Waals surface area contributed by atoms with E-state index in [0.717, 1.165) is 17.7 Å². The maximum atomic E-state index is 13.4. The van der Waals surface area contributed by atoms with Crippen molar-refractivity contribution in [2.75, 3.05) is 19.6 Å². The SMILES string of the molecule is C=C(NC(=S)C1CCN(C(=O)c2ccccc2-c2ccc(C(F)(F)F)cc2)CC1)C(=O)NCCc1ccc(O)cc1. The van der Waals surface area contributed by atoms with Crippen molar-refractivity contribution in [2.45, 2.75) is 25.4 Å². The maximum absolute atomic E-state index is 13.4. The van der Waals surface area contributed by atoms with Gasteiger partial charge in [-0.3, -0.25) is 9.59 Å². The molecule has 0 unspecified atom stereocenters. The number of amides is 2. The summed E-state index contributed by atoms with van der Waals surface area (Å²) in [6.07, 6.45) is -2.65. The number of phenols is 1. The monoisotopic (exact) mass is 581 g/mol. The van der Waals surface area contributed by atoms with Crippen molar-refractivity contribution in [1.82, 2.24) is 15.5 Å². The lowest BCUT2D eigenvalue weighted by atomic mass is 9.94. The molecule has 1 saturated heterocycles. The fourth-order valence-corrected chi connectivity index (χ4v) is 5.03. The molecule has 3 aromatic rings. The van der Waals surface area contributed by atoms with Crippen molar-refractivity contribution in [3.05, 3.63) is 102 Å². The molecule has 3 aromatic carbocycles. The molecule has 2 amide bonds. The summed E-state index contributed by atoms with van der Waals surface area (Å²) in [6.45, 7) is 5.08. The highest BCUT2D eigenvalue weighted by molar-refractivity contribution is 7.80. The Bertz CT molecular complexity index is 1420. The van der Waals surface area contributed by atoms with E-state index in [-0.39, 0.29) is 29.2 Å². The van der Waals surface area contributed by atoms with Gasteiger partial charge < -0.3 is 20.6 Å². The predicted octanol–water partition coefficient (Wildman–Crippen LogP) is 5.72. The number of piperidine rings is 1. The summed E-state index contributed by atoms with van der Waals surface area (Å²) in [6, 6.07) is 18.4. The second-order valence-electron chi connectivity index (χ2n) is 9.83. The second kappa shape index (κ2) is 13.0. The lowest BCUT2D eigenvalue weighted by Crippen LogP contribution is -2.43. The Kier molecular flexibility index (Phi) is 9.44. The van der Waals surface area contributed by atoms with Crippen LogP contribution in [0.3, 0.4) is 0 Å². The first kappa shape index (κ1) is 29.8. The molecule has 41 heavy (non-hydrogen) atoms. The average molecular weight is 582 g/mol. The van der Waals surface area contributed by atoms with Crippen molar-refractivity contribution in [1.29, 1.82) is 0 Å². The van der Waals surface area contributed by atoms with Gasteiger partial charge in [-0.15, -0.1) is 0 Å². The Balaban J connectivity index is 1.28. The van der Waals surface area contributed by atoms with E-state index < -0.39 is 11.7 Å². The minimum atomic E-state index is -4.43. The first-order chi connectivity index (χ1) is 19.5. The van der Waals surface area contributed by atoms with Crippen LogP contribution in [-0.4, -0.2) is 46.4 Å². The van der Waals surface area contributed by atoms with Crippen molar-refractivity contribution >= 4 is 29.0 Å². The van der Waals surface area contributed by atoms with E-state index in [1.165, 1.54) is 12.1 Å². The van der Waals surface area contributed by atoms with Gasteiger partial charge in [0.1, 0.15) is 5.75 Å². The number of alkyl halides is 3. The number of halogens is 3. The number of thiocarbonyl (C=S) groups is 1. The molecule has 214 valence electrons. The number of carbonyl (C=O) groups is 2. The van der Waals surface area contributed by atoms with E-state index in [0.29, 0.717) is 60.6 Å². The number of aromatic hydroxyl groups is 1. The average Bonchev–Trinajstić information content (AvgIpc) is 2.97. The summed E-state index contributed by atoms with van der Waals surface area (Å²) in [5.74, 6) is -0.420. The van der Waals surface area contributed by atoms with Gasteiger partial charge in [-0.2, -0.15) is 13.2 Å². The van der Waals surface area contributed by atoms with Crippen LogP contribution in [0.4, 0.5) is 13.2 Å². The van der Waals surface area contributed by atoms with Crippen molar-refractivity contribution in [3.63, 3.8) is 0 Å². The molecule has 6 nitrogen and oxygen atoms in total. The van der Waals surface area contributed by atoms with Crippen molar-refractivity contribution < 1.29 is 27.9 Å². The lowest BCUT2D eigenvalue weighted by molar-refractivity contribution is -0.137. The highest BCUT2D eigenvalue weighted by atomic mass is 32.1. The highest BCUT2D eigenvalue weighted by Crippen LogP contribution is 2.32. The molecule has 0 spiro atoms. The van der Waals surface area contributed by atoms with E-state index in [1.54, 1.807) is 53.4 Å². The zero-order valence-electron chi connectivity index (χ0n) is 22.2. The number of carbonyl (C=O) groups excluding carboxylic acids is 2. The van der Waals surface area contributed by atoms with Crippen LogP contribution in [-0.2, 0) is 17.4 Å². The Labute approximate surface area is 241 Å². The Hall–Kier alpha value is -4.18. The summed E-state index contributed by atoms with van der Waals surface area (Å²) in [4.78, 5) is 28.0. The molecule has 0 bridgehead atoms. The van der Waals surface area contributed by atoms with Crippen molar-refractivity contribution in [2.24, 2.45) is 5.92 Å². The lowest BCUT2D eigenvalue weighted by Gasteiger charge is -2.33. The Morgan fingerprint density at radius 3 is 2.24 bits per heavy atom.